The zero-order valence-corrected chi connectivity index (χ0v) is 11.5. The number of rotatable bonds is 2. The maximum atomic E-state index is 12.6. The molecule has 19 heavy (non-hydrogen) atoms. The molecule has 0 aliphatic rings. The van der Waals surface area contributed by atoms with Crippen LogP contribution in [0.5, 0.6) is 0 Å². The Labute approximate surface area is 118 Å². The van der Waals surface area contributed by atoms with Gasteiger partial charge in [-0.05, 0) is 28.1 Å². The van der Waals surface area contributed by atoms with Gasteiger partial charge in [-0.1, -0.05) is 30.3 Å². The highest BCUT2D eigenvalue weighted by molar-refractivity contribution is 9.10. The Morgan fingerprint density at radius 1 is 0.947 bits per heavy atom. The molecule has 0 aliphatic carbocycles. The molecule has 0 atom stereocenters. The largest absolute Gasteiger partial charge is 0.288 e. The minimum Gasteiger partial charge on any atom is -0.288 e. The zero-order chi connectivity index (χ0) is 13.2. The lowest BCUT2D eigenvalue weighted by Gasteiger charge is -2.07. The van der Waals surface area contributed by atoms with E-state index in [9.17, 15) is 4.79 Å². The van der Waals surface area contributed by atoms with E-state index in [-0.39, 0.29) is 5.78 Å². The number of carbonyl (C=O) groups excluding carboxylic acids is 1. The number of ketones is 1. The van der Waals surface area contributed by atoms with E-state index in [0.717, 1.165) is 4.47 Å². The SMILES string of the molecule is O=C(c1ccccc1)c1c(Br)ccc2nccnc12. The van der Waals surface area contributed by atoms with Crippen LogP contribution in [0, 0.1) is 0 Å². The van der Waals surface area contributed by atoms with Crippen molar-refractivity contribution in [2.45, 2.75) is 0 Å². The van der Waals surface area contributed by atoms with Gasteiger partial charge in [-0.15, -0.1) is 0 Å². The summed E-state index contributed by atoms with van der Waals surface area (Å²) in [5, 5.41) is 0. The molecule has 2 aromatic carbocycles. The van der Waals surface area contributed by atoms with Gasteiger partial charge in [0.25, 0.3) is 0 Å². The Kier molecular flexibility index (Phi) is 3.09. The van der Waals surface area contributed by atoms with E-state index in [1.54, 1.807) is 24.5 Å². The molecule has 0 saturated carbocycles. The van der Waals surface area contributed by atoms with Gasteiger partial charge in [0, 0.05) is 22.4 Å². The number of carbonyl (C=O) groups is 1. The number of halogens is 1. The van der Waals surface area contributed by atoms with Crippen LogP contribution in [0.1, 0.15) is 15.9 Å². The average molecular weight is 313 g/mol. The first-order valence-electron chi connectivity index (χ1n) is 5.76. The smallest absolute Gasteiger partial charge is 0.196 e. The topological polar surface area (TPSA) is 42.9 Å². The summed E-state index contributed by atoms with van der Waals surface area (Å²) < 4.78 is 0.731. The van der Waals surface area contributed by atoms with Gasteiger partial charge in [0.2, 0.25) is 0 Å². The van der Waals surface area contributed by atoms with E-state index in [0.29, 0.717) is 22.2 Å². The molecule has 3 aromatic rings. The van der Waals surface area contributed by atoms with Crippen molar-refractivity contribution in [3.05, 3.63) is 70.5 Å². The summed E-state index contributed by atoms with van der Waals surface area (Å²) in [5.74, 6) is -0.0569. The van der Waals surface area contributed by atoms with Crippen LogP contribution in [0.25, 0.3) is 11.0 Å². The van der Waals surface area contributed by atoms with Crippen LogP contribution in [-0.2, 0) is 0 Å². The van der Waals surface area contributed by atoms with Crippen LogP contribution in [0.4, 0.5) is 0 Å². The fraction of sp³-hybridized carbons (Fsp3) is 0. The molecule has 0 N–H and O–H groups in total. The first-order chi connectivity index (χ1) is 9.27. The monoisotopic (exact) mass is 312 g/mol. The van der Waals surface area contributed by atoms with Crippen molar-refractivity contribution in [1.29, 1.82) is 0 Å². The summed E-state index contributed by atoms with van der Waals surface area (Å²) in [4.78, 5) is 21.1. The van der Waals surface area contributed by atoms with Crippen molar-refractivity contribution >= 4 is 32.7 Å². The van der Waals surface area contributed by atoms with Crippen LogP contribution in [0.15, 0.2) is 59.3 Å². The highest BCUT2D eigenvalue weighted by atomic mass is 79.9. The maximum absolute atomic E-state index is 12.6. The summed E-state index contributed by atoms with van der Waals surface area (Å²) in [6.45, 7) is 0. The fourth-order valence-corrected chi connectivity index (χ4v) is 2.46. The standard InChI is InChI=1S/C15H9BrN2O/c16-11-6-7-12-14(18-9-8-17-12)13(11)15(19)10-4-2-1-3-5-10/h1-9H. The second-order valence-electron chi connectivity index (χ2n) is 4.04. The Balaban J connectivity index is 2.25. The third kappa shape index (κ3) is 2.15. The molecule has 1 heterocycles. The van der Waals surface area contributed by atoms with Gasteiger partial charge in [-0.25, -0.2) is 0 Å². The van der Waals surface area contributed by atoms with Crippen LogP contribution in [0.3, 0.4) is 0 Å². The molecular formula is C15H9BrN2O. The van der Waals surface area contributed by atoms with Crippen molar-refractivity contribution in [2.24, 2.45) is 0 Å². The van der Waals surface area contributed by atoms with Gasteiger partial charge in [0.05, 0.1) is 11.1 Å². The summed E-state index contributed by atoms with van der Waals surface area (Å²) in [7, 11) is 0. The molecule has 0 spiro atoms. The van der Waals surface area contributed by atoms with E-state index in [1.165, 1.54) is 0 Å². The van der Waals surface area contributed by atoms with Gasteiger partial charge in [-0.2, -0.15) is 0 Å². The molecule has 3 nitrogen and oxygen atoms in total. The second kappa shape index (κ2) is 4.90. The van der Waals surface area contributed by atoms with E-state index >= 15 is 0 Å². The molecule has 0 unspecified atom stereocenters. The second-order valence-corrected chi connectivity index (χ2v) is 4.90. The molecule has 4 heteroatoms. The van der Waals surface area contributed by atoms with E-state index < -0.39 is 0 Å². The lowest BCUT2D eigenvalue weighted by Crippen LogP contribution is -2.04. The van der Waals surface area contributed by atoms with Gasteiger partial charge in [-0.3, -0.25) is 14.8 Å². The Hall–Kier alpha value is -2.07. The lowest BCUT2D eigenvalue weighted by atomic mass is 10.0. The predicted molar refractivity (Wildman–Crippen MR) is 77.1 cm³/mol. The summed E-state index contributed by atoms with van der Waals surface area (Å²) in [5.41, 5.74) is 2.52. The van der Waals surface area contributed by atoms with Gasteiger partial charge >= 0.3 is 0 Å². The number of nitrogens with zero attached hydrogens (tertiary/aromatic N) is 2. The number of hydrogen-bond donors (Lipinski definition) is 0. The summed E-state index contributed by atoms with van der Waals surface area (Å²) in [6, 6.07) is 12.8. The number of hydrogen-bond acceptors (Lipinski definition) is 3. The third-order valence-electron chi connectivity index (χ3n) is 2.85. The Bertz CT molecular complexity index is 756. The minimum absolute atomic E-state index is 0.0569. The summed E-state index contributed by atoms with van der Waals surface area (Å²) >= 11 is 3.43. The average Bonchev–Trinajstić information content (AvgIpc) is 2.47. The van der Waals surface area contributed by atoms with Gasteiger partial charge in [0.15, 0.2) is 5.78 Å². The normalized spacial score (nSPS) is 10.6. The molecule has 0 aliphatic heterocycles. The van der Waals surface area contributed by atoms with Crippen LogP contribution in [-0.4, -0.2) is 15.8 Å². The van der Waals surface area contributed by atoms with Crippen LogP contribution < -0.4 is 0 Å². The number of aromatic nitrogens is 2. The lowest BCUT2D eigenvalue weighted by molar-refractivity contribution is 0.103. The highest BCUT2D eigenvalue weighted by Gasteiger charge is 2.17. The maximum Gasteiger partial charge on any atom is 0.196 e. The minimum atomic E-state index is -0.0569. The first-order valence-corrected chi connectivity index (χ1v) is 6.55. The van der Waals surface area contributed by atoms with Crippen molar-refractivity contribution in [3.8, 4) is 0 Å². The zero-order valence-electron chi connectivity index (χ0n) is 9.88. The van der Waals surface area contributed by atoms with Crippen molar-refractivity contribution in [2.75, 3.05) is 0 Å². The molecule has 0 amide bonds. The summed E-state index contributed by atoms with van der Waals surface area (Å²) in [6.07, 6.45) is 3.21. The number of benzene rings is 2. The Morgan fingerprint density at radius 3 is 2.47 bits per heavy atom. The van der Waals surface area contributed by atoms with Crippen molar-refractivity contribution in [3.63, 3.8) is 0 Å². The Morgan fingerprint density at radius 2 is 1.68 bits per heavy atom. The molecule has 3 rings (SSSR count). The quantitative estimate of drug-likeness (QED) is 0.679. The molecule has 0 saturated heterocycles. The molecule has 0 fully saturated rings. The van der Waals surface area contributed by atoms with Crippen molar-refractivity contribution < 1.29 is 4.79 Å². The van der Waals surface area contributed by atoms with E-state index in [1.807, 2.05) is 30.3 Å². The van der Waals surface area contributed by atoms with Crippen LogP contribution in [0.2, 0.25) is 0 Å². The first kappa shape index (κ1) is 12.0. The molecule has 92 valence electrons. The fourth-order valence-electron chi connectivity index (χ4n) is 1.96. The molecule has 1 aromatic heterocycles. The highest BCUT2D eigenvalue weighted by Crippen LogP contribution is 2.26. The van der Waals surface area contributed by atoms with Crippen LogP contribution >= 0.6 is 15.9 Å². The van der Waals surface area contributed by atoms with Gasteiger partial charge < -0.3 is 0 Å². The molecular weight excluding hydrogens is 304 g/mol. The predicted octanol–water partition coefficient (Wildman–Crippen LogP) is 3.62. The molecule has 0 bridgehead atoms. The van der Waals surface area contributed by atoms with E-state index in [2.05, 4.69) is 25.9 Å². The van der Waals surface area contributed by atoms with Gasteiger partial charge in [0.1, 0.15) is 5.52 Å². The molecule has 0 radical (unpaired) electrons. The third-order valence-corrected chi connectivity index (χ3v) is 3.51. The van der Waals surface area contributed by atoms with E-state index in [4.69, 9.17) is 0 Å². The van der Waals surface area contributed by atoms with Crippen molar-refractivity contribution in [1.82, 2.24) is 9.97 Å². The number of fused-ring (bicyclic) bond motifs is 1.